The molecule has 0 amide bonds. The molecule has 2 rings (SSSR count). The molecule has 0 aliphatic heterocycles. The highest BCUT2D eigenvalue weighted by molar-refractivity contribution is 5.33. The van der Waals surface area contributed by atoms with Crippen LogP contribution in [0.2, 0.25) is 0 Å². The van der Waals surface area contributed by atoms with Gasteiger partial charge in [-0.2, -0.15) is 5.26 Å². The van der Waals surface area contributed by atoms with Gasteiger partial charge in [0.2, 0.25) is 0 Å². The zero-order chi connectivity index (χ0) is 15.1. The van der Waals surface area contributed by atoms with Crippen LogP contribution in [-0.2, 0) is 13.0 Å². The van der Waals surface area contributed by atoms with Crippen molar-refractivity contribution in [1.82, 2.24) is 5.32 Å². The number of halogens is 1. The maximum Gasteiger partial charge on any atom is 0.124 e. The van der Waals surface area contributed by atoms with Crippen LogP contribution in [0.25, 0.3) is 0 Å². The third-order valence-corrected chi connectivity index (χ3v) is 3.23. The number of aliphatic hydroxyl groups excluding tert-OH is 1. The number of hydrogen-bond acceptors (Lipinski definition) is 3. The van der Waals surface area contributed by atoms with Crippen LogP contribution in [0.5, 0.6) is 0 Å². The molecule has 0 aliphatic carbocycles. The highest BCUT2D eigenvalue weighted by Gasteiger charge is 2.08. The van der Waals surface area contributed by atoms with E-state index in [-0.39, 0.29) is 12.6 Å². The Morgan fingerprint density at radius 2 is 1.90 bits per heavy atom. The Hall–Kier alpha value is -2.22. The van der Waals surface area contributed by atoms with Crippen LogP contribution in [-0.4, -0.2) is 17.8 Å². The van der Waals surface area contributed by atoms with Crippen LogP contribution in [0.3, 0.4) is 0 Å². The topological polar surface area (TPSA) is 56.0 Å². The fourth-order valence-corrected chi connectivity index (χ4v) is 2.18. The summed E-state index contributed by atoms with van der Waals surface area (Å²) >= 11 is 0. The second kappa shape index (κ2) is 7.53. The van der Waals surface area contributed by atoms with Gasteiger partial charge in [-0.3, -0.25) is 0 Å². The second-order valence-electron chi connectivity index (χ2n) is 4.91. The molecule has 0 aliphatic rings. The van der Waals surface area contributed by atoms with Crippen molar-refractivity contribution in [3.63, 3.8) is 0 Å². The molecule has 0 aromatic heterocycles. The van der Waals surface area contributed by atoms with Crippen molar-refractivity contribution in [3.8, 4) is 6.07 Å². The van der Waals surface area contributed by atoms with Gasteiger partial charge >= 0.3 is 0 Å². The summed E-state index contributed by atoms with van der Waals surface area (Å²) in [6.45, 7) is 0.403. The van der Waals surface area contributed by atoms with Crippen molar-refractivity contribution < 1.29 is 9.50 Å². The van der Waals surface area contributed by atoms with Crippen LogP contribution >= 0.6 is 0 Å². The Morgan fingerprint density at radius 1 is 1.14 bits per heavy atom. The Labute approximate surface area is 123 Å². The zero-order valence-corrected chi connectivity index (χ0v) is 11.6. The molecule has 4 heteroatoms. The van der Waals surface area contributed by atoms with Crippen LogP contribution in [0.4, 0.5) is 4.39 Å². The summed E-state index contributed by atoms with van der Waals surface area (Å²) in [5.41, 5.74) is 2.12. The fourth-order valence-electron chi connectivity index (χ4n) is 2.18. The largest absolute Gasteiger partial charge is 0.395 e. The first kappa shape index (κ1) is 15.2. The Kier molecular flexibility index (Phi) is 5.44. The smallest absolute Gasteiger partial charge is 0.124 e. The molecule has 21 heavy (non-hydrogen) atoms. The SMILES string of the molecule is N#Cc1cc(F)cc(CNC(CO)Cc2ccccc2)c1. The molecule has 1 unspecified atom stereocenters. The predicted molar refractivity (Wildman–Crippen MR) is 79.0 cm³/mol. The summed E-state index contributed by atoms with van der Waals surface area (Å²) in [6, 6.07) is 15.9. The lowest BCUT2D eigenvalue weighted by atomic mass is 10.1. The number of nitrogens with one attached hydrogen (secondary N) is 1. The van der Waals surface area contributed by atoms with Crippen LogP contribution < -0.4 is 5.32 Å². The summed E-state index contributed by atoms with van der Waals surface area (Å²) in [4.78, 5) is 0. The van der Waals surface area contributed by atoms with E-state index in [1.54, 1.807) is 6.07 Å². The minimum absolute atomic E-state index is 0.00465. The molecular formula is C17H17FN2O. The van der Waals surface area contributed by atoms with Crippen LogP contribution in [0.1, 0.15) is 16.7 Å². The van der Waals surface area contributed by atoms with Crippen molar-refractivity contribution in [2.75, 3.05) is 6.61 Å². The Bertz CT molecular complexity index is 622. The lowest BCUT2D eigenvalue weighted by molar-refractivity contribution is 0.241. The lowest BCUT2D eigenvalue weighted by Gasteiger charge is -2.16. The maximum atomic E-state index is 13.3. The third kappa shape index (κ3) is 4.67. The summed E-state index contributed by atoms with van der Waals surface area (Å²) in [5.74, 6) is -0.422. The van der Waals surface area contributed by atoms with Gasteiger partial charge in [-0.15, -0.1) is 0 Å². The van der Waals surface area contributed by atoms with E-state index in [0.717, 1.165) is 5.56 Å². The molecule has 0 bridgehead atoms. The fraction of sp³-hybridized carbons (Fsp3) is 0.235. The van der Waals surface area contributed by atoms with Gasteiger partial charge in [-0.1, -0.05) is 30.3 Å². The molecule has 0 spiro atoms. The Balaban J connectivity index is 1.97. The van der Waals surface area contributed by atoms with Crippen molar-refractivity contribution in [2.45, 2.75) is 19.0 Å². The van der Waals surface area contributed by atoms with E-state index < -0.39 is 5.82 Å². The first-order chi connectivity index (χ1) is 10.2. The molecule has 0 saturated heterocycles. The maximum absolute atomic E-state index is 13.3. The van der Waals surface area contributed by atoms with E-state index in [9.17, 15) is 9.50 Å². The third-order valence-electron chi connectivity index (χ3n) is 3.23. The molecule has 2 N–H and O–H groups in total. The summed E-state index contributed by atoms with van der Waals surface area (Å²) in [7, 11) is 0. The quantitative estimate of drug-likeness (QED) is 0.856. The summed E-state index contributed by atoms with van der Waals surface area (Å²) in [6.07, 6.45) is 0.692. The predicted octanol–water partition coefficient (Wildman–Crippen LogP) is 2.39. The van der Waals surface area contributed by atoms with Gasteiger partial charge in [0.15, 0.2) is 0 Å². The van der Waals surface area contributed by atoms with E-state index in [4.69, 9.17) is 5.26 Å². The normalized spacial score (nSPS) is 11.9. The Morgan fingerprint density at radius 3 is 2.57 bits per heavy atom. The average Bonchev–Trinajstić information content (AvgIpc) is 2.51. The van der Waals surface area contributed by atoms with Crippen LogP contribution in [0, 0.1) is 17.1 Å². The van der Waals surface area contributed by atoms with Gasteiger partial charge in [0.1, 0.15) is 5.82 Å². The van der Waals surface area contributed by atoms with E-state index in [2.05, 4.69) is 5.32 Å². The van der Waals surface area contributed by atoms with E-state index in [1.807, 2.05) is 36.4 Å². The molecule has 2 aromatic carbocycles. The molecular weight excluding hydrogens is 267 g/mol. The number of nitriles is 1. The number of hydrogen-bond donors (Lipinski definition) is 2. The molecule has 0 heterocycles. The van der Waals surface area contributed by atoms with Crippen LogP contribution in [0.15, 0.2) is 48.5 Å². The molecule has 1 atom stereocenters. The van der Waals surface area contributed by atoms with Gasteiger partial charge in [0.05, 0.1) is 18.2 Å². The van der Waals surface area contributed by atoms with Gasteiger partial charge in [-0.05, 0) is 35.7 Å². The highest BCUT2D eigenvalue weighted by Crippen LogP contribution is 2.09. The first-order valence-corrected chi connectivity index (χ1v) is 6.79. The second-order valence-corrected chi connectivity index (χ2v) is 4.91. The van der Waals surface area contributed by atoms with Gasteiger partial charge in [-0.25, -0.2) is 4.39 Å². The van der Waals surface area contributed by atoms with Crippen molar-refractivity contribution >= 4 is 0 Å². The van der Waals surface area contributed by atoms with Gasteiger partial charge < -0.3 is 10.4 Å². The van der Waals surface area contributed by atoms with Crippen molar-refractivity contribution in [3.05, 3.63) is 71.0 Å². The zero-order valence-electron chi connectivity index (χ0n) is 11.6. The monoisotopic (exact) mass is 284 g/mol. The highest BCUT2D eigenvalue weighted by atomic mass is 19.1. The van der Waals surface area contributed by atoms with E-state index >= 15 is 0 Å². The number of aliphatic hydroxyl groups is 1. The molecule has 0 fully saturated rings. The minimum atomic E-state index is -0.422. The average molecular weight is 284 g/mol. The van der Waals surface area contributed by atoms with E-state index in [0.29, 0.717) is 24.1 Å². The molecule has 2 aromatic rings. The molecule has 0 radical (unpaired) electrons. The standard InChI is InChI=1S/C17H17FN2O/c18-16-7-14(10-19)6-15(8-16)11-20-17(12-21)9-13-4-2-1-3-5-13/h1-8,17,20-21H,9,11-12H2. The summed E-state index contributed by atoms with van der Waals surface area (Å²) in [5, 5.41) is 21.4. The molecule has 3 nitrogen and oxygen atoms in total. The first-order valence-electron chi connectivity index (χ1n) is 6.79. The van der Waals surface area contributed by atoms with Gasteiger partial charge in [0.25, 0.3) is 0 Å². The van der Waals surface area contributed by atoms with Crippen molar-refractivity contribution in [2.24, 2.45) is 0 Å². The van der Waals surface area contributed by atoms with E-state index in [1.165, 1.54) is 12.1 Å². The molecule has 108 valence electrons. The lowest BCUT2D eigenvalue weighted by Crippen LogP contribution is -2.34. The summed E-state index contributed by atoms with van der Waals surface area (Å²) < 4.78 is 13.3. The molecule has 0 saturated carbocycles. The van der Waals surface area contributed by atoms with Gasteiger partial charge in [0, 0.05) is 12.6 Å². The van der Waals surface area contributed by atoms with Crippen molar-refractivity contribution in [1.29, 1.82) is 5.26 Å². The number of benzene rings is 2. The number of rotatable bonds is 6. The minimum Gasteiger partial charge on any atom is -0.395 e. The number of nitrogens with zero attached hydrogens (tertiary/aromatic N) is 1.